The number of esters is 1. The summed E-state index contributed by atoms with van der Waals surface area (Å²) in [5.74, 6) is 0.567. The fraction of sp³-hybridized carbons (Fsp3) is 0.812. The van der Waals surface area contributed by atoms with E-state index in [2.05, 4.69) is 26.8 Å². The van der Waals surface area contributed by atoms with Gasteiger partial charge in [-0.05, 0) is 25.7 Å². The van der Waals surface area contributed by atoms with E-state index in [1.807, 2.05) is 6.92 Å². The molecule has 0 aliphatic heterocycles. The van der Waals surface area contributed by atoms with Crippen LogP contribution in [0.25, 0.3) is 0 Å². The highest BCUT2D eigenvalue weighted by molar-refractivity contribution is 5.87. The number of hydrogen-bond acceptors (Lipinski definition) is 2. The maximum absolute atomic E-state index is 11.6. The summed E-state index contributed by atoms with van der Waals surface area (Å²) >= 11 is 0. The zero-order valence-electron chi connectivity index (χ0n) is 12.6. The van der Waals surface area contributed by atoms with Crippen molar-refractivity contribution in [1.82, 2.24) is 0 Å². The van der Waals surface area contributed by atoms with Gasteiger partial charge in [-0.2, -0.15) is 0 Å². The molecule has 0 saturated heterocycles. The quantitative estimate of drug-likeness (QED) is 0.315. The topological polar surface area (TPSA) is 26.3 Å². The first-order chi connectivity index (χ1) is 8.65. The predicted molar refractivity (Wildman–Crippen MR) is 77.5 cm³/mol. The van der Waals surface area contributed by atoms with Gasteiger partial charge >= 0.3 is 5.97 Å². The van der Waals surface area contributed by atoms with Gasteiger partial charge in [0, 0.05) is 5.57 Å². The zero-order valence-corrected chi connectivity index (χ0v) is 12.6. The fourth-order valence-electron chi connectivity index (χ4n) is 1.83. The van der Waals surface area contributed by atoms with Gasteiger partial charge in [0.25, 0.3) is 0 Å². The minimum absolute atomic E-state index is 0.145. The number of ether oxygens (including phenoxy) is 1. The molecule has 18 heavy (non-hydrogen) atoms. The van der Waals surface area contributed by atoms with Crippen molar-refractivity contribution in [1.29, 1.82) is 0 Å². The van der Waals surface area contributed by atoms with Gasteiger partial charge in [-0.15, -0.1) is 0 Å². The molecule has 0 fully saturated rings. The van der Waals surface area contributed by atoms with Gasteiger partial charge < -0.3 is 4.74 Å². The summed E-state index contributed by atoms with van der Waals surface area (Å²) < 4.78 is 5.18. The van der Waals surface area contributed by atoms with Gasteiger partial charge in [0.05, 0.1) is 6.61 Å². The third-order valence-corrected chi connectivity index (χ3v) is 3.35. The van der Waals surface area contributed by atoms with E-state index in [-0.39, 0.29) is 5.97 Å². The molecular formula is C16H30O2. The van der Waals surface area contributed by atoms with Crippen molar-refractivity contribution in [2.75, 3.05) is 6.61 Å². The molecular weight excluding hydrogens is 224 g/mol. The molecule has 0 spiro atoms. The lowest BCUT2D eigenvalue weighted by atomic mass is 9.95. The smallest absolute Gasteiger partial charge is 0.333 e. The van der Waals surface area contributed by atoms with Gasteiger partial charge in [-0.1, -0.05) is 59.0 Å². The molecule has 0 N–H and O–H groups in total. The zero-order chi connectivity index (χ0) is 13.8. The Bertz CT molecular complexity index is 243. The number of carbonyl (C=O) groups excluding carboxylic acids is 1. The largest absolute Gasteiger partial charge is 0.462 e. The molecule has 0 aromatic heterocycles. The lowest BCUT2D eigenvalue weighted by Gasteiger charge is -2.12. The van der Waals surface area contributed by atoms with Crippen LogP contribution in [0.3, 0.4) is 0 Å². The van der Waals surface area contributed by atoms with Crippen LogP contribution in [0, 0.1) is 5.92 Å². The van der Waals surface area contributed by atoms with Gasteiger partial charge in [0.2, 0.25) is 0 Å². The average Bonchev–Trinajstić information content (AvgIpc) is 2.38. The third kappa shape index (κ3) is 8.32. The predicted octanol–water partition coefficient (Wildman–Crippen LogP) is 4.88. The van der Waals surface area contributed by atoms with Crippen LogP contribution in [0.2, 0.25) is 0 Å². The summed E-state index contributed by atoms with van der Waals surface area (Å²) in [6, 6.07) is 0. The molecule has 0 aliphatic rings. The molecule has 0 saturated carbocycles. The Morgan fingerprint density at radius 3 is 2.39 bits per heavy atom. The molecule has 1 unspecified atom stereocenters. The van der Waals surface area contributed by atoms with Gasteiger partial charge in [0.1, 0.15) is 0 Å². The second-order valence-electron chi connectivity index (χ2n) is 5.03. The van der Waals surface area contributed by atoms with E-state index in [9.17, 15) is 4.79 Å². The first-order valence-electron chi connectivity index (χ1n) is 7.49. The first-order valence-corrected chi connectivity index (χ1v) is 7.49. The van der Waals surface area contributed by atoms with Crippen molar-refractivity contribution in [3.63, 3.8) is 0 Å². The molecule has 106 valence electrons. The Morgan fingerprint density at radius 1 is 1.17 bits per heavy atom. The molecule has 0 bridgehead atoms. The standard InChI is InChI=1S/C16H30O2/c1-5-8-10-15(7-3)12-11-14(4)16(17)18-13-9-6-2/h11,15H,5-10,12-13H2,1-4H3. The number of carbonyl (C=O) groups is 1. The molecule has 1 atom stereocenters. The minimum atomic E-state index is -0.145. The molecule has 0 amide bonds. The van der Waals surface area contributed by atoms with E-state index in [4.69, 9.17) is 4.74 Å². The van der Waals surface area contributed by atoms with Crippen LogP contribution in [-0.4, -0.2) is 12.6 Å². The summed E-state index contributed by atoms with van der Waals surface area (Å²) in [6.07, 6.45) is 10.1. The normalized spacial score (nSPS) is 13.4. The Morgan fingerprint density at radius 2 is 1.83 bits per heavy atom. The van der Waals surface area contributed by atoms with Crippen LogP contribution < -0.4 is 0 Å². The van der Waals surface area contributed by atoms with Crippen molar-refractivity contribution in [2.24, 2.45) is 5.92 Å². The Kier molecular flexibility index (Phi) is 10.8. The lowest BCUT2D eigenvalue weighted by molar-refractivity contribution is -0.139. The van der Waals surface area contributed by atoms with Crippen LogP contribution >= 0.6 is 0 Å². The number of rotatable bonds is 10. The molecule has 0 aromatic carbocycles. The highest BCUT2D eigenvalue weighted by Gasteiger charge is 2.08. The van der Waals surface area contributed by atoms with Crippen LogP contribution in [0.4, 0.5) is 0 Å². The van der Waals surface area contributed by atoms with Crippen LogP contribution in [0.5, 0.6) is 0 Å². The van der Waals surface area contributed by atoms with Crippen LogP contribution in [0.1, 0.15) is 72.6 Å². The third-order valence-electron chi connectivity index (χ3n) is 3.35. The highest BCUT2D eigenvalue weighted by Crippen LogP contribution is 2.18. The summed E-state index contributed by atoms with van der Waals surface area (Å²) in [5.41, 5.74) is 0.765. The molecule has 0 rings (SSSR count). The van der Waals surface area contributed by atoms with Gasteiger partial charge in [0.15, 0.2) is 0 Å². The van der Waals surface area contributed by atoms with Crippen molar-refractivity contribution < 1.29 is 9.53 Å². The van der Waals surface area contributed by atoms with E-state index in [1.54, 1.807) is 0 Å². The summed E-state index contributed by atoms with van der Waals surface area (Å²) in [7, 11) is 0. The number of allylic oxidation sites excluding steroid dienone is 1. The Hall–Kier alpha value is -0.790. The van der Waals surface area contributed by atoms with Gasteiger partial charge in [-0.3, -0.25) is 0 Å². The van der Waals surface area contributed by atoms with Crippen LogP contribution in [-0.2, 0) is 9.53 Å². The number of unbranched alkanes of at least 4 members (excludes halogenated alkanes) is 2. The van der Waals surface area contributed by atoms with Crippen molar-refractivity contribution in [3.05, 3.63) is 11.6 Å². The van der Waals surface area contributed by atoms with E-state index < -0.39 is 0 Å². The van der Waals surface area contributed by atoms with Crippen molar-refractivity contribution >= 4 is 5.97 Å². The Labute approximate surface area is 113 Å². The molecule has 0 aliphatic carbocycles. The van der Waals surface area contributed by atoms with E-state index >= 15 is 0 Å². The van der Waals surface area contributed by atoms with Crippen LogP contribution in [0.15, 0.2) is 11.6 Å². The second kappa shape index (κ2) is 11.3. The molecule has 0 aromatic rings. The highest BCUT2D eigenvalue weighted by atomic mass is 16.5. The summed E-state index contributed by atoms with van der Waals surface area (Å²) in [6.45, 7) is 8.95. The summed E-state index contributed by atoms with van der Waals surface area (Å²) in [5, 5.41) is 0. The SMILES string of the molecule is CCCCOC(=O)C(C)=CCC(CC)CCCC. The first kappa shape index (κ1) is 17.2. The maximum atomic E-state index is 11.6. The van der Waals surface area contributed by atoms with Gasteiger partial charge in [-0.25, -0.2) is 4.79 Å². The molecule has 0 radical (unpaired) electrons. The Balaban J connectivity index is 4.02. The lowest BCUT2D eigenvalue weighted by Crippen LogP contribution is -2.07. The average molecular weight is 254 g/mol. The van der Waals surface area contributed by atoms with E-state index in [1.165, 1.54) is 25.7 Å². The fourth-order valence-corrected chi connectivity index (χ4v) is 1.83. The van der Waals surface area contributed by atoms with E-state index in [0.29, 0.717) is 12.5 Å². The second-order valence-corrected chi connectivity index (χ2v) is 5.03. The summed E-state index contributed by atoms with van der Waals surface area (Å²) in [4.78, 5) is 11.6. The minimum Gasteiger partial charge on any atom is -0.462 e. The molecule has 2 nitrogen and oxygen atoms in total. The van der Waals surface area contributed by atoms with Crippen molar-refractivity contribution in [3.8, 4) is 0 Å². The number of hydrogen-bond donors (Lipinski definition) is 0. The molecule has 2 heteroatoms. The molecule has 0 heterocycles. The van der Waals surface area contributed by atoms with E-state index in [0.717, 1.165) is 24.8 Å². The monoisotopic (exact) mass is 254 g/mol. The maximum Gasteiger partial charge on any atom is 0.333 e. The van der Waals surface area contributed by atoms with Crippen molar-refractivity contribution in [2.45, 2.75) is 72.6 Å².